The predicted octanol–water partition coefficient (Wildman–Crippen LogP) is 2.59. The summed E-state index contributed by atoms with van der Waals surface area (Å²) in [5.41, 5.74) is -2.24. The fourth-order valence-electron chi connectivity index (χ4n) is 2.32. The summed E-state index contributed by atoms with van der Waals surface area (Å²) in [5, 5.41) is 7.66. The van der Waals surface area contributed by atoms with E-state index < -0.39 is 29.3 Å². The Balaban J connectivity index is 2.04. The van der Waals surface area contributed by atoms with Crippen molar-refractivity contribution in [2.45, 2.75) is 19.0 Å². The number of carbonyl (C=O) groups is 1. The predicted molar refractivity (Wildman–Crippen MR) is 72.5 cm³/mol. The van der Waals surface area contributed by atoms with Crippen molar-refractivity contribution in [3.63, 3.8) is 0 Å². The van der Waals surface area contributed by atoms with Crippen LogP contribution in [-0.4, -0.2) is 39.1 Å². The van der Waals surface area contributed by atoms with Gasteiger partial charge in [-0.05, 0) is 37.1 Å². The molecule has 0 aliphatic carbocycles. The lowest BCUT2D eigenvalue weighted by Crippen LogP contribution is -2.37. The maximum Gasteiger partial charge on any atom is 0.435 e. The highest BCUT2D eigenvalue weighted by molar-refractivity contribution is 5.93. The highest BCUT2D eigenvalue weighted by Crippen LogP contribution is 2.33. The molecule has 1 aromatic carbocycles. The summed E-state index contributed by atoms with van der Waals surface area (Å²) in [5.74, 6) is -1.61. The molecule has 1 fully saturated rings. The number of nitrogens with zero attached hydrogens (tertiary/aromatic N) is 4. The standard InChI is InChI=1S/C14H12F4N4O2/c15-9-3-5-10(6-4-9)22-12(14(16,17)18)11(19-20-22)13(23)21-7-1-2-8-24-21/h3-6H,1-2,7-8H2. The van der Waals surface area contributed by atoms with Gasteiger partial charge in [0.1, 0.15) is 5.82 Å². The summed E-state index contributed by atoms with van der Waals surface area (Å²) in [6, 6.07) is 4.22. The van der Waals surface area contributed by atoms with Crippen LogP contribution in [-0.2, 0) is 11.0 Å². The number of hydrogen-bond donors (Lipinski definition) is 0. The van der Waals surface area contributed by atoms with Crippen molar-refractivity contribution < 1.29 is 27.2 Å². The van der Waals surface area contributed by atoms with Crippen molar-refractivity contribution in [3.05, 3.63) is 41.5 Å². The molecule has 1 saturated heterocycles. The van der Waals surface area contributed by atoms with E-state index >= 15 is 0 Å². The van der Waals surface area contributed by atoms with E-state index in [0.717, 1.165) is 35.7 Å². The van der Waals surface area contributed by atoms with Gasteiger partial charge in [0.05, 0.1) is 12.3 Å². The summed E-state index contributed by atoms with van der Waals surface area (Å²) in [6.07, 6.45) is -3.53. The van der Waals surface area contributed by atoms with E-state index in [1.807, 2.05) is 0 Å². The van der Waals surface area contributed by atoms with Crippen LogP contribution in [0.5, 0.6) is 0 Å². The maximum absolute atomic E-state index is 13.4. The topological polar surface area (TPSA) is 60.2 Å². The van der Waals surface area contributed by atoms with Gasteiger partial charge in [-0.25, -0.2) is 14.1 Å². The molecule has 1 aromatic heterocycles. The quantitative estimate of drug-likeness (QED) is 0.786. The van der Waals surface area contributed by atoms with E-state index in [0.29, 0.717) is 11.1 Å². The summed E-state index contributed by atoms with van der Waals surface area (Å²) in [6.45, 7) is 0.429. The highest BCUT2D eigenvalue weighted by Gasteiger charge is 2.43. The second-order valence-corrected chi connectivity index (χ2v) is 5.12. The van der Waals surface area contributed by atoms with E-state index in [9.17, 15) is 22.4 Å². The molecule has 1 amide bonds. The third-order valence-corrected chi connectivity index (χ3v) is 3.44. The Labute approximate surface area is 133 Å². The molecule has 128 valence electrons. The molecule has 0 saturated carbocycles. The first-order valence-corrected chi connectivity index (χ1v) is 7.11. The molecule has 1 aliphatic heterocycles. The molecule has 2 aromatic rings. The SMILES string of the molecule is O=C(c1nnn(-c2ccc(F)cc2)c1C(F)(F)F)N1CCCCO1. The number of halogens is 4. The second-order valence-electron chi connectivity index (χ2n) is 5.12. The van der Waals surface area contributed by atoms with E-state index in [1.54, 1.807) is 0 Å². The van der Waals surface area contributed by atoms with Crippen molar-refractivity contribution in [1.82, 2.24) is 20.1 Å². The van der Waals surface area contributed by atoms with E-state index in [2.05, 4.69) is 10.3 Å². The number of hydrogen-bond acceptors (Lipinski definition) is 4. The Morgan fingerprint density at radius 1 is 1.17 bits per heavy atom. The Bertz CT molecular complexity index is 736. The zero-order valence-electron chi connectivity index (χ0n) is 12.3. The number of benzene rings is 1. The Hall–Kier alpha value is -2.49. The molecule has 10 heteroatoms. The van der Waals surface area contributed by atoms with Crippen LogP contribution in [0.2, 0.25) is 0 Å². The van der Waals surface area contributed by atoms with Crippen LogP contribution in [0.3, 0.4) is 0 Å². The van der Waals surface area contributed by atoms with Gasteiger partial charge in [-0.1, -0.05) is 5.21 Å². The summed E-state index contributed by atoms with van der Waals surface area (Å²) < 4.78 is 53.8. The minimum absolute atomic E-state index is 0.0603. The van der Waals surface area contributed by atoms with Crippen LogP contribution in [0.15, 0.2) is 24.3 Å². The van der Waals surface area contributed by atoms with Crippen molar-refractivity contribution in [3.8, 4) is 5.69 Å². The molecule has 0 unspecified atom stereocenters. The van der Waals surface area contributed by atoms with Gasteiger partial charge in [-0.3, -0.25) is 9.63 Å². The first kappa shape index (κ1) is 16.4. The smallest absolute Gasteiger partial charge is 0.271 e. The summed E-state index contributed by atoms with van der Waals surface area (Å²) in [4.78, 5) is 17.4. The first-order chi connectivity index (χ1) is 11.4. The van der Waals surface area contributed by atoms with Crippen molar-refractivity contribution in [2.75, 3.05) is 13.2 Å². The number of amides is 1. The lowest BCUT2D eigenvalue weighted by Gasteiger charge is -2.25. The Morgan fingerprint density at radius 2 is 1.88 bits per heavy atom. The highest BCUT2D eigenvalue weighted by atomic mass is 19.4. The molecule has 1 aliphatic rings. The minimum Gasteiger partial charge on any atom is -0.271 e. The van der Waals surface area contributed by atoms with Gasteiger partial charge < -0.3 is 0 Å². The van der Waals surface area contributed by atoms with Gasteiger partial charge in [0.15, 0.2) is 11.4 Å². The number of hydroxylamine groups is 2. The second kappa shape index (κ2) is 6.19. The van der Waals surface area contributed by atoms with Crippen LogP contribution < -0.4 is 0 Å². The molecule has 0 N–H and O–H groups in total. The van der Waals surface area contributed by atoms with Gasteiger partial charge in [0.2, 0.25) is 0 Å². The number of rotatable bonds is 2. The van der Waals surface area contributed by atoms with Crippen LogP contribution in [0, 0.1) is 5.82 Å². The number of carbonyl (C=O) groups excluding carboxylic acids is 1. The third kappa shape index (κ3) is 3.09. The molecule has 3 rings (SSSR count). The fourth-order valence-corrected chi connectivity index (χ4v) is 2.32. The zero-order chi connectivity index (χ0) is 17.3. The van der Waals surface area contributed by atoms with Gasteiger partial charge in [0.25, 0.3) is 5.91 Å². The van der Waals surface area contributed by atoms with Gasteiger partial charge >= 0.3 is 6.18 Å². The fraction of sp³-hybridized carbons (Fsp3) is 0.357. The lowest BCUT2D eigenvalue weighted by molar-refractivity contribution is -0.150. The van der Waals surface area contributed by atoms with Crippen LogP contribution in [0.25, 0.3) is 5.69 Å². The van der Waals surface area contributed by atoms with Crippen molar-refractivity contribution in [1.29, 1.82) is 0 Å². The number of alkyl halides is 3. The summed E-state index contributed by atoms with van der Waals surface area (Å²) in [7, 11) is 0. The van der Waals surface area contributed by atoms with Crippen molar-refractivity contribution in [2.24, 2.45) is 0 Å². The van der Waals surface area contributed by atoms with E-state index in [4.69, 9.17) is 4.84 Å². The Morgan fingerprint density at radius 3 is 2.46 bits per heavy atom. The molecule has 0 atom stereocenters. The third-order valence-electron chi connectivity index (χ3n) is 3.44. The molecule has 0 radical (unpaired) electrons. The van der Waals surface area contributed by atoms with Gasteiger partial charge in [-0.15, -0.1) is 5.10 Å². The van der Waals surface area contributed by atoms with E-state index in [-0.39, 0.29) is 18.8 Å². The molecule has 0 bridgehead atoms. The first-order valence-electron chi connectivity index (χ1n) is 7.11. The molecule has 2 heterocycles. The molecule has 6 nitrogen and oxygen atoms in total. The van der Waals surface area contributed by atoms with Gasteiger partial charge in [-0.2, -0.15) is 13.2 Å². The zero-order valence-corrected chi connectivity index (χ0v) is 12.3. The monoisotopic (exact) mass is 344 g/mol. The van der Waals surface area contributed by atoms with Crippen molar-refractivity contribution >= 4 is 5.91 Å². The molecular formula is C14H12F4N4O2. The number of aromatic nitrogens is 3. The minimum atomic E-state index is -4.88. The molecule has 24 heavy (non-hydrogen) atoms. The largest absolute Gasteiger partial charge is 0.435 e. The maximum atomic E-state index is 13.4. The molecular weight excluding hydrogens is 332 g/mol. The Kier molecular flexibility index (Phi) is 4.22. The van der Waals surface area contributed by atoms with E-state index in [1.165, 1.54) is 0 Å². The normalized spacial score (nSPS) is 15.6. The summed E-state index contributed by atoms with van der Waals surface area (Å²) >= 11 is 0. The van der Waals surface area contributed by atoms with Crippen LogP contribution in [0.4, 0.5) is 17.6 Å². The van der Waals surface area contributed by atoms with Crippen LogP contribution >= 0.6 is 0 Å². The average Bonchev–Trinajstić information content (AvgIpc) is 3.01. The molecule has 0 spiro atoms. The van der Waals surface area contributed by atoms with Gasteiger partial charge in [0, 0.05) is 6.54 Å². The average molecular weight is 344 g/mol. The van der Waals surface area contributed by atoms with Crippen LogP contribution in [0.1, 0.15) is 29.0 Å². The lowest BCUT2D eigenvalue weighted by atomic mass is 10.2.